The third-order valence-electron chi connectivity index (χ3n) is 14.1. The Bertz CT molecular complexity index is 4270. The van der Waals surface area contributed by atoms with E-state index in [0.717, 1.165) is 77.9 Å². The molecule has 3 heteroatoms. The van der Waals surface area contributed by atoms with Crippen molar-refractivity contribution in [2.24, 2.45) is 0 Å². The van der Waals surface area contributed by atoms with Gasteiger partial charge in [-0.15, -0.1) is 0 Å². The lowest BCUT2D eigenvalue weighted by molar-refractivity contribution is 0.672. The van der Waals surface area contributed by atoms with Gasteiger partial charge in [0.2, 0.25) is 0 Å². The van der Waals surface area contributed by atoms with Gasteiger partial charge in [0.25, 0.3) is 0 Å². The molecule has 2 aromatic heterocycles. The largest absolute Gasteiger partial charge is 0.455 e. The van der Waals surface area contributed by atoms with Crippen LogP contribution in [-0.4, -0.2) is 4.57 Å². The second-order valence-corrected chi connectivity index (χ2v) is 18.1. The fourth-order valence-corrected chi connectivity index (χ4v) is 10.8. The summed E-state index contributed by atoms with van der Waals surface area (Å²) in [6.45, 7) is 0. The number of hydrogen-bond donors (Lipinski definition) is 0. The molecule has 0 aliphatic carbocycles. The summed E-state index contributed by atoms with van der Waals surface area (Å²) in [5, 5.41) is 12.0. The Morgan fingerprint density at radius 2 is 0.870 bits per heavy atom. The minimum Gasteiger partial charge on any atom is -0.455 e. The highest BCUT2D eigenvalue weighted by atomic mass is 16.3. The average Bonchev–Trinajstić information content (AvgIpc) is 3.97. The van der Waals surface area contributed by atoms with E-state index < -0.39 is 0 Å². The summed E-state index contributed by atoms with van der Waals surface area (Å²) in [4.78, 5) is 2.42. The molecule has 12 aromatic carbocycles. The van der Waals surface area contributed by atoms with Crippen LogP contribution in [0, 0.1) is 0 Å². The third-order valence-corrected chi connectivity index (χ3v) is 14.1. The number of furan rings is 1. The number of para-hydroxylation sites is 3. The van der Waals surface area contributed by atoms with Crippen LogP contribution in [0.5, 0.6) is 0 Å². The summed E-state index contributed by atoms with van der Waals surface area (Å²) in [6, 6.07) is 92.6. The Hall–Kier alpha value is -9.18. The van der Waals surface area contributed by atoms with Crippen molar-refractivity contribution in [2.75, 3.05) is 4.90 Å². The molecule has 0 aliphatic rings. The summed E-state index contributed by atoms with van der Waals surface area (Å²) < 4.78 is 8.92. The average molecular weight is 879 g/mol. The highest BCUT2D eigenvalue weighted by Crippen LogP contribution is 2.44. The van der Waals surface area contributed by atoms with Crippen LogP contribution < -0.4 is 4.90 Å². The number of hydrogen-bond acceptors (Lipinski definition) is 2. The molecular weight excluding hydrogens is 837 g/mol. The zero-order valence-electron chi connectivity index (χ0n) is 37.6. The maximum absolute atomic E-state index is 6.53. The topological polar surface area (TPSA) is 21.3 Å². The Morgan fingerprint density at radius 3 is 1.67 bits per heavy atom. The molecular formula is C66H42N2O. The minimum absolute atomic E-state index is 0.890. The Kier molecular flexibility index (Phi) is 8.90. The van der Waals surface area contributed by atoms with Crippen LogP contribution in [0.25, 0.3) is 115 Å². The lowest BCUT2D eigenvalue weighted by atomic mass is 9.95. The molecule has 0 saturated carbocycles. The molecule has 0 fully saturated rings. The summed E-state index contributed by atoms with van der Waals surface area (Å²) in [5.74, 6) is 0. The first-order chi connectivity index (χ1) is 34.2. The first-order valence-electron chi connectivity index (χ1n) is 23.6. The fourth-order valence-electron chi connectivity index (χ4n) is 10.8. The molecule has 3 nitrogen and oxygen atoms in total. The van der Waals surface area contributed by atoms with E-state index in [-0.39, 0.29) is 0 Å². The quantitative estimate of drug-likeness (QED) is 0.149. The van der Waals surface area contributed by atoms with Crippen molar-refractivity contribution in [1.29, 1.82) is 0 Å². The SMILES string of the molecule is c1cc(-c2ccc3oc4c5ccccc5ccc4c3c2)cc(N(c2ccc(-c3cccc(-n4c5ccccc5c5ccccc54)c3)cc2)c2ccccc2-c2ccc3ccc4ccccc4c3c2)c1. The first-order valence-corrected chi connectivity index (χ1v) is 23.6. The van der Waals surface area contributed by atoms with Crippen molar-refractivity contribution >= 4 is 93.1 Å². The smallest absolute Gasteiger partial charge is 0.143 e. The molecule has 0 amide bonds. The van der Waals surface area contributed by atoms with Crippen molar-refractivity contribution in [2.45, 2.75) is 0 Å². The van der Waals surface area contributed by atoms with Crippen LogP contribution in [0.15, 0.2) is 259 Å². The molecule has 0 N–H and O–H groups in total. The molecule has 0 unspecified atom stereocenters. The van der Waals surface area contributed by atoms with Crippen LogP contribution in [0.4, 0.5) is 17.1 Å². The molecule has 0 bridgehead atoms. The molecule has 322 valence electrons. The molecule has 69 heavy (non-hydrogen) atoms. The summed E-state index contributed by atoms with van der Waals surface area (Å²) in [5.41, 5.74) is 15.5. The van der Waals surface area contributed by atoms with Crippen LogP contribution in [0.1, 0.15) is 0 Å². The highest BCUT2D eigenvalue weighted by Gasteiger charge is 2.20. The predicted molar refractivity (Wildman–Crippen MR) is 292 cm³/mol. The van der Waals surface area contributed by atoms with Gasteiger partial charge in [0, 0.05) is 49.6 Å². The van der Waals surface area contributed by atoms with Gasteiger partial charge in [-0.25, -0.2) is 0 Å². The van der Waals surface area contributed by atoms with Crippen LogP contribution in [0.2, 0.25) is 0 Å². The van der Waals surface area contributed by atoms with Gasteiger partial charge < -0.3 is 13.9 Å². The highest BCUT2D eigenvalue weighted by molar-refractivity contribution is 6.16. The molecule has 14 rings (SSSR count). The summed E-state index contributed by atoms with van der Waals surface area (Å²) >= 11 is 0. The van der Waals surface area contributed by atoms with Gasteiger partial charge >= 0.3 is 0 Å². The van der Waals surface area contributed by atoms with Gasteiger partial charge in [-0.05, 0) is 134 Å². The third kappa shape index (κ3) is 6.43. The van der Waals surface area contributed by atoms with Gasteiger partial charge in [-0.2, -0.15) is 0 Å². The molecule has 0 aliphatic heterocycles. The van der Waals surface area contributed by atoms with Crippen molar-refractivity contribution in [3.05, 3.63) is 255 Å². The minimum atomic E-state index is 0.890. The number of rotatable bonds is 7. The lowest BCUT2D eigenvalue weighted by Gasteiger charge is -2.28. The van der Waals surface area contributed by atoms with E-state index >= 15 is 0 Å². The molecule has 14 aromatic rings. The number of anilines is 3. The number of aromatic nitrogens is 1. The van der Waals surface area contributed by atoms with E-state index in [1.165, 1.54) is 54.3 Å². The second-order valence-electron chi connectivity index (χ2n) is 18.1. The van der Waals surface area contributed by atoms with E-state index in [1.807, 2.05) is 0 Å². The Morgan fingerprint density at radius 1 is 0.304 bits per heavy atom. The zero-order chi connectivity index (χ0) is 45.4. The van der Waals surface area contributed by atoms with Gasteiger partial charge in [0.15, 0.2) is 0 Å². The van der Waals surface area contributed by atoms with E-state index in [2.05, 4.69) is 264 Å². The van der Waals surface area contributed by atoms with E-state index in [1.54, 1.807) is 0 Å². The monoisotopic (exact) mass is 878 g/mol. The molecule has 0 radical (unpaired) electrons. The van der Waals surface area contributed by atoms with Crippen LogP contribution in [-0.2, 0) is 0 Å². The van der Waals surface area contributed by atoms with Crippen molar-refractivity contribution in [3.8, 4) is 39.1 Å². The van der Waals surface area contributed by atoms with Crippen molar-refractivity contribution < 1.29 is 4.42 Å². The summed E-state index contributed by atoms with van der Waals surface area (Å²) in [7, 11) is 0. The Balaban J connectivity index is 0.907. The van der Waals surface area contributed by atoms with Gasteiger partial charge in [0.05, 0.1) is 16.7 Å². The number of benzene rings is 12. The van der Waals surface area contributed by atoms with Gasteiger partial charge in [-0.3, -0.25) is 0 Å². The van der Waals surface area contributed by atoms with Crippen LogP contribution >= 0.6 is 0 Å². The predicted octanol–water partition coefficient (Wildman–Crippen LogP) is 18.6. The second kappa shape index (κ2) is 15.7. The number of nitrogens with zero attached hydrogens (tertiary/aromatic N) is 2. The van der Waals surface area contributed by atoms with E-state index in [4.69, 9.17) is 4.42 Å². The fraction of sp³-hybridized carbons (Fsp3) is 0. The number of fused-ring (bicyclic) bond motifs is 11. The molecule has 0 saturated heterocycles. The standard InChI is InChI=1S/C66H42N2O/c1-3-19-54-44(13-1)27-28-46-29-30-50(42-60(46)54)55-20-5-8-24-62(55)67(52-17-12-16-48(40-52)49-34-38-65-61(41-49)59-37-33-45-14-2-4-21-56(45)66(59)69-65)51-35-31-43(32-36-51)47-15-11-18-53(39-47)68-63-25-9-6-22-57(63)58-23-7-10-26-64(58)68/h1-42H. The molecule has 0 spiro atoms. The van der Waals surface area contributed by atoms with Gasteiger partial charge in [0.1, 0.15) is 11.2 Å². The van der Waals surface area contributed by atoms with Crippen molar-refractivity contribution in [1.82, 2.24) is 4.57 Å². The lowest BCUT2D eigenvalue weighted by Crippen LogP contribution is -2.11. The van der Waals surface area contributed by atoms with Gasteiger partial charge in [-0.1, -0.05) is 176 Å². The Labute approximate surface area is 399 Å². The van der Waals surface area contributed by atoms with E-state index in [0.29, 0.717) is 0 Å². The van der Waals surface area contributed by atoms with Crippen LogP contribution in [0.3, 0.4) is 0 Å². The first kappa shape index (κ1) is 39.0. The molecule has 2 heterocycles. The zero-order valence-corrected chi connectivity index (χ0v) is 37.6. The van der Waals surface area contributed by atoms with Crippen molar-refractivity contribution in [3.63, 3.8) is 0 Å². The maximum Gasteiger partial charge on any atom is 0.143 e. The molecule has 0 atom stereocenters. The maximum atomic E-state index is 6.53. The van der Waals surface area contributed by atoms with E-state index in [9.17, 15) is 0 Å². The normalized spacial score (nSPS) is 11.8. The summed E-state index contributed by atoms with van der Waals surface area (Å²) in [6.07, 6.45) is 0.